The normalized spacial score (nSPS) is 45.5. The molecule has 0 atom stereocenters. The van der Waals surface area contributed by atoms with E-state index in [2.05, 4.69) is 23.9 Å². The van der Waals surface area contributed by atoms with Crippen LogP contribution in [0.4, 0.5) is 0 Å². The first-order valence-corrected chi connectivity index (χ1v) is 6.61. The van der Waals surface area contributed by atoms with Gasteiger partial charge in [-0.3, -0.25) is 0 Å². The molecule has 0 aliphatic heterocycles. The van der Waals surface area contributed by atoms with E-state index in [0.29, 0.717) is 5.41 Å². The van der Waals surface area contributed by atoms with Crippen molar-refractivity contribution in [3.63, 3.8) is 0 Å². The summed E-state index contributed by atoms with van der Waals surface area (Å²) in [4.78, 5) is 3.09. The molecular formula is C13H21N3. The van der Waals surface area contributed by atoms with Gasteiger partial charge in [-0.2, -0.15) is 0 Å². The van der Waals surface area contributed by atoms with Crippen molar-refractivity contribution in [2.24, 2.45) is 28.3 Å². The number of hydrogen-bond acceptors (Lipinski definition) is 1. The summed E-state index contributed by atoms with van der Waals surface area (Å²) in [6.45, 7) is 4.31. The fourth-order valence-electron chi connectivity index (χ4n) is 5.08. The number of rotatable bonds is 2. The molecule has 0 aromatic heterocycles. The molecule has 16 heavy (non-hydrogen) atoms. The van der Waals surface area contributed by atoms with Gasteiger partial charge in [0.2, 0.25) is 0 Å². The summed E-state index contributed by atoms with van der Waals surface area (Å²) in [5.41, 5.74) is 8.91. The lowest BCUT2D eigenvalue weighted by molar-refractivity contribution is -0.0881. The smallest absolute Gasteiger partial charge is 0.0488 e. The molecule has 0 spiro atoms. The highest BCUT2D eigenvalue weighted by atomic mass is 15.2. The fraction of sp³-hybridized carbons (Fsp3) is 1.00. The van der Waals surface area contributed by atoms with Crippen molar-refractivity contribution < 1.29 is 0 Å². The molecule has 3 heteroatoms. The largest absolute Gasteiger partial charge is 0.0873 e. The molecule has 0 aromatic rings. The van der Waals surface area contributed by atoms with Crippen LogP contribution in [0.1, 0.15) is 52.4 Å². The van der Waals surface area contributed by atoms with Gasteiger partial charge in [-0.25, -0.2) is 0 Å². The minimum atomic E-state index is -0.183. The van der Waals surface area contributed by atoms with E-state index in [1.54, 1.807) is 0 Å². The maximum absolute atomic E-state index is 8.76. The predicted molar refractivity (Wildman–Crippen MR) is 63.8 cm³/mol. The Balaban J connectivity index is 1.96. The molecule has 0 radical (unpaired) electrons. The standard InChI is InChI=1S/C13H21N3/c1-12(2,15-16-14)13-6-9-3-10(7-13)5-11(4-9)8-13/h9-11H,3-8H2,1-2H3. The van der Waals surface area contributed by atoms with Gasteiger partial charge in [0.1, 0.15) is 0 Å². The minimum Gasteiger partial charge on any atom is -0.0873 e. The molecule has 4 aliphatic carbocycles. The van der Waals surface area contributed by atoms with Gasteiger partial charge in [0, 0.05) is 10.5 Å². The summed E-state index contributed by atoms with van der Waals surface area (Å²) in [5, 5.41) is 4.13. The van der Waals surface area contributed by atoms with Crippen molar-refractivity contribution >= 4 is 0 Å². The van der Waals surface area contributed by atoms with E-state index in [-0.39, 0.29) is 5.54 Å². The van der Waals surface area contributed by atoms with E-state index in [1.807, 2.05) is 0 Å². The van der Waals surface area contributed by atoms with Crippen molar-refractivity contribution in [3.05, 3.63) is 10.4 Å². The Morgan fingerprint density at radius 1 is 1.06 bits per heavy atom. The highest BCUT2D eigenvalue weighted by molar-refractivity contribution is 5.10. The average molecular weight is 219 g/mol. The number of azide groups is 1. The van der Waals surface area contributed by atoms with E-state index in [0.717, 1.165) is 17.8 Å². The van der Waals surface area contributed by atoms with Crippen LogP contribution in [0.5, 0.6) is 0 Å². The van der Waals surface area contributed by atoms with Crippen LogP contribution in [0.15, 0.2) is 5.11 Å². The second-order valence-electron chi connectivity index (χ2n) is 6.95. The molecule has 0 N–H and O–H groups in total. The van der Waals surface area contributed by atoms with Crippen LogP contribution in [0.2, 0.25) is 0 Å². The maximum atomic E-state index is 8.76. The van der Waals surface area contributed by atoms with Crippen LogP contribution in [0, 0.1) is 23.2 Å². The first-order chi connectivity index (χ1) is 7.55. The summed E-state index contributed by atoms with van der Waals surface area (Å²) < 4.78 is 0. The lowest BCUT2D eigenvalue weighted by Crippen LogP contribution is -2.55. The first-order valence-electron chi connectivity index (χ1n) is 6.61. The zero-order valence-electron chi connectivity index (χ0n) is 10.3. The molecule has 4 aliphatic rings. The Bertz CT molecular complexity index is 317. The van der Waals surface area contributed by atoms with E-state index in [4.69, 9.17) is 5.53 Å². The molecule has 4 saturated carbocycles. The molecule has 0 saturated heterocycles. The van der Waals surface area contributed by atoms with Crippen LogP contribution in [-0.4, -0.2) is 5.54 Å². The highest BCUT2D eigenvalue weighted by Crippen LogP contribution is 2.64. The van der Waals surface area contributed by atoms with Gasteiger partial charge in [0.25, 0.3) is 0 Å². The third-order valence-corrected chi connectivity index (χ3v) is 5.63. The molecule has 3 nitrogen and oxygen atoms in total. The van der Waals surface area contributed by atoms with Gasteiger partial charge >= 0.3 is 0 Å². The van der Waals surface area contributed by atoms with Crippen LogP contribution in [-0.2, 0) is 0 Å². The van der Waals surface area contributed by atoms with Crippen molar-refractivity contribution in [2.75, 3.05) is 0 Å². The van der Waals surface area contributed by atoms with E-state index >= 15 is 0 Å². The van der Waals surface area contributed by atoms with Gasteiger partial charge in [-0.15, -0.1) is 0 Å². The lowest BCUT2D eigenvalue weighted by Gasteiger charge is -2.61. The fourth-order valence-corrected chi connectivity index (χ4v) is 5.08. The van der Waals surface area contributed by atoms with Crippen LogP contribution in [0.25, 0.3) is 10.4 Å². The van der Waals surface area contributed by atoms with Gasteiger partial charge in [-0.05, 0) is 67.2 Å². The Morgan fingerprint density at radius 2 is 1.50 bits per heavy atom. The van der Waals surface area contributed by atoms with Crippen molar-refractivity contribution in [3.8, 4) is 0 Å². The van der Waals surface area contributed by atoms with Gasteiger partial charge in [0.15, 0.2) is 0 Å². The minimum absolute atomic E-state index is 0.183. The van der Waals surface area contributed by atoms with E-state index in [1.165, 1.54) is 38.5 Å². The third-order valence-electron chi connectivity index (χ3n) is 5.63. The summed E-state index contributed by atoms with van der Waals surface area (Å²) in [7, 11) is 0. The topological polar surface area (TPSA) is 48.8 Å². The van der Waals surface area contributed by atoms with Gasteiger partial charge in [0.05, 0.1) is 0 Å². The Labute approximate surface area is 97.2 Å². The Hall–Kier alpha value is -0.690. The zero-order valence-corrected chi connectivity index (χ0v) is 10.3. The molecule has 0 amide bonds. The molecule has 0 heterocycles. The Morgan fingerprint density at radius 3 is 1.88 bits per heavy atom. The van der Waals surface area contributed by atoms with E-state index < -0.39 is 0 Å². The number of nitrogens with zero attached hydrogens (tertiary/aromatic N) is 3. The average Bonchev–Trinajstić information content (AvgIpc) is 2.14. The summed E-state index contributed by atoms with van der Waals surface area (Å²) in [6.07, 6.45) is 8.28. The maximum Gasteiger partial charge on any atom is 0.0488 e. The van der Waals surface area contributed by atoms with Crippen molar-refractivity contribution in [1.82, 2.24) is 0 Å². The molecule has 0 unspecified atom stereocenters. The molecule has 4 fully saturated rings. The summed E-state index contributed by atoms with van der Waals surface area (Å²) in [5.74, 6) is 2.79. The van der Waals surface area contributed by atoms with Crippen LogP contribution >= 0.6 is 0 Å². The molecule has 4 bridgehead atoms. The first kappa shape index (κ1) is 10.5. The second kappa shape index (κ2) is 3.16. The van der Waals surface area contributed by atoms with Crippen LogP contribution < -0.4 is 0 Å². The summed E-state index contributed by atoms with van der Waals surface area (Å²) in [6, 6.07) is 0. The van der Waals surface area contributed by atoms with E-state index in [9.17, 15) is 0 Å². The molecular weight excluding hydrogens is 198 g/mol. The van der Waals surface area contributed by atoms with Crippen molar-refractivity contribution in [1.29, 1.82) is 0 Å². The summed E-state index contributed by atoms with van der Waals surface area (Å²) >= 11 is 0. The van der Waals surface area contributed by atoms with Gasteiger partial charge < -0.3 is 0 Å². The lowest BCUT2D eigenvalue weighted by atomic mass is 9.45. The molecule has 0 aromatic carbocycles. The quantitative estimate of drug-likeness (QED) is 0.378. The van der Waals surface area contributed by atoms with Crippen LogP contribution in [0.3, 0.4) is 0 Å². The molecule has 4 rings (SSSR count). The molecule has 88 valence electrons. The predicted octanol–water partition coefficient (Wildman–Crippen LogP) is 4.29. The second-order valence-corrected chi connectivity index (χ2v) is 6.95. The third kappa shape index (κ3) is 1.31. The Kier molecular flexibility index (Phi) is 2.07. The highest BCUT2D eigenvalue weighted by Gasteiger charge is 2.56. The SMILES string of the molecule is CC(C)(N=[N+]=[N-])C12CC3CC(CC(C3)C1)C2. The monoisotopic (exact) mass is 219 g/mol. The number of hydrogen-bond donors (Lipinski definition) is 0. The van der Waals surface area contributed by atoms with Crippen molar-refractivity contribution in [2.45, 2.75) is 57.9 Å². The zero-order chi connectivity index (χ0) is 11.4. The van der Waals surface area contributed by atoms with Gasteiger partial charge in [-0.1, -0.05) is 19.0 Å².